The van der Waals surface area contributed by atoms with Gasteiger partial charge >= 0.3 is 5.97 Å². The zero-order valence-corrected chi connectivity index (χ0v) is 7.09. The number of carbonyl (C=O) groups is 2. The van der Waals surface area contributed by atoms with Gasteiger partial charge in [0, 0.05) is 12.0 Å². The lowest BCUT2D eigenvalue weighted by Crippen LogP contribution is -2.13. The largest absolute Gasteiger partial charge is 0.481 e. The zero-order valence-electron chi connectivity index (χ0n) is 7.09. The van der Waals surface area contributed by atoms with Crippen LogP contribution >= 0.6 is 0 Å². The topological polar surface area (TPSA) is 54.4 Å². The molecule has 1 aliphatic rings. The number of aliphatic carboxylic acids is 1. The van der Waals surface area contributed by atoms with Gasteiger partial charge in [-0.05, 0) is 19.8 Å². The molecular formula is C9H12O3. The maximum absolute atomic E-state index is 11.2. The van der Waals surface area contributed by atoms with Crippen molar-refractivity contribution in [1.82, 2.24) is 0 Å². The molecule has 0 unspecified atom stereocenters. The highest BCUT2D eigenvalue weighted by Gasteiger charge is 2.19. The van der Waals surface area contributed by atoms with Crippen LogP contribution in [0.2, 0.25) is 0 Å². The summed E-state index contributed by atoms with van der Waals surface area (Å²) >= 11 is 0. The molecule has 1 rings (SSSR count). The lowest BCUT2D eigenvalue weighted by Gasteiger charge is -2.14. The fraction of sp³-hybridized carbons (Fsp3) is 0.556. The Bertz CT molecular complexity index is 250. The minimum Gasteiger partial charge on any atom is -0.481 e. The first-order valence-electron chi connectivity index (χ1n) is 4.05. The van der Waals surface area contributed by atoms with E-state index in [-0.39, 0.29) is 12.2 Å². The molecule has 0 fully saturated rings. The van der Waals surface area contributed by atoms with Gasteiger partial charge in [-0.15, -0.1) is 0 Å². The SMILES string of the molecule is CC1=C(CC(=O)O)C(=O)CCC1. The van der Waals surface area contributed by atoms with Gasteiger partial charge in [-0.1, -0.05) is 5.57 Å². The molecule has 0 radical (unpaired) electrons. The molecule has 0 aliphatic heterocycles. The normalized spacial score (nSPS) is 18.2. The summed E-state index contributed by atoms with van der Waals surface area (Å²) in [4.78, 5) is 21.6. The summed E-state index contributed by atoms with van der Waals surface area (Å²) in [7, 11) is 0. The van der Waals surface area contributed by atoms with Crippen molar-refractivity contribution in [2.24, 2.45) is 0 Å². The Morgan fingerprint density at radius 3 is 2.67 bits per heavy atom. The molecule has 0 bridgehead atoms. The van der Waals surface area contributed by atoms with E-state index < -0.39 is 5.97 Å². The van der Waals surface area contributed by atoms with Crippen LogP contribution in [0.15, 0.2) is 11.1 Å². The Balaban J connectivity index is 2.81. The Morgan fingerprint density at radius 1 is 1.50 bits per heavy atom. The lowest BCUT2D eigenvalue weighted by atomic mass is 9.90. The molecule has 3 nitrogen and oxygen atoms in total. The van der Waals surface area contributed by atoms with Crippen molar-refractivity contribution in [3.63, 3.8) is 0 Å². The third-order valence-electron chi connectivity index (χ3n) is 2.14. The summed E-state index contributed by atoms with van der Waals surface area (Å²) in [6.45, 7) is 1.84. The number of carboxylic acids is 1. The van der Waals surface area contributed by atoms with Crippen LogP contribution in [-0.2, 0) is 9.59 Å². The van der Waals surface area contributed by atoms with Crippen molar-refractivity contribution in [3.8, 4) is 0 Å². The van der Waals surface area contributed by atoms with Crippen LogP contribution in [0.1, 0.15) is 32.6 Å². The van der Waals surface area contributed by atoms with Gasteiger partial charge in [-0.3, -0.25) is 9.59 Å². The van der Waals surface area contributed by atoms with Crippen LogP contribution in [0.3, 0.4) is 0 Å². The molecule has 1 N–H and O–H groups in total. The third kappa shape index (κ3) is 1.94. The molecule has 0 atom stereocenters. The second-order valence-electron chi connectivity index (χ2n) is 3.11. The Kier molecular flexibility index (Phi) is 2.63. The molecule has 0 heterocycles. The van der Waals surface area contributed by atoms with Crippen molar-refractivity contribution in [2.45, 2.75) is 32.6 Å². The molecule has 0 saturated carbocycles. The van der Waals surface area contributed by atoms with Gasteiger partial charge in [-0.25, -0.2) is 0 Å². The number of carbonyl (C=O) groups excluding carboxylic acids is 1. The summed E-state index contributed by atoms with van der Waals surface area (Å²) in [6, 6.07) is 0. The predicted molar refractivity (Wildman–Crippen MR) is 43.8 cm³/mol. The third-order valence-corrected chi connectivity index (χ3v) is 2.14. The monoisotopic (exact) mass is 168 g/mol. The minimum absolute atomic E-state index is 0.0150. The first kappa shape index (κ1) is 8.97. The highest BCUT2D eigenvalue weighted by Crippen LogP contribution is 2.23. The summed E-state index contributed by atoms with van der Waals surface area (Å²) in [5.41, 5.74) is 1.47. The number of carboxylic acid groups (broad SMARTS) is 1. The highest BCUT2D eigenvalue weighted by atomic mass is 16.4. The maximum atomic E-state index is 11.2. The van der Waals surface area contributed by atoms with Crippen LogP contribution in [0.5, 0.6) is 0 Å². The van der Waals surface area contributed by atoms with Crippen molar-refractivity contribution < 1.29 is 14.7 Å². The van der Waals surface area contributed by atoms with E-state index in [0.717, 1.165) is 18.4 Å². The highest BCUT2D eigenvalue weighted by molar-refractivity contribution is 6.00. The standard InChI is InChI=1S/C9H12O3/c1-6-3-2-4-8(10)7(6)5-9(11)12/h2-5H2,1H3,(H,11,12). The van der Waals surface area contributed by atoms with Crippen molar-refractivity contribution in [3.05, 3.63) is 11.1 Å². The Morgan fingerprint density at radius 2 is 2.17 bits per heavy atom. The van der Waals surface area contributed by atoms with Crippen molar-refractivity contribution >= 4 is 11.8 Å². The average molecular weight is 168 g/mol. The fourth-order valence-electron chi connectivity index (χ4n) is 1.45. The molecule has 0 saturated heterocycles. The van der Waals surface area contributed by atoms with Crippen LogP contribution in [0.4, 0.5) is 0 Å². The van der Waals surface area contributed by atoms with E-state index in [2.05, 4.69) is 0 Å². The number of hydrogen-bond acceptors (Lipinski definition) is 2. The maximum Gasteiger partial charge on any atom is 0.307 e. The van der Waals surface area contributed by atoms with Gasteiger partial charge in [0.05, 0.1) is 6.42 Å². The molecule has 0 spiro atoms. The first-order chi connectivity index (χ1) is 5.61. The minimum atomic E-state index is -0.917. The molecule has 0 amide bonds. The van der Waals surface area contributed by atoms with Crippen molar-refractivity contribution in [1.29, 1.82) is 0 Å². The molecule has 0 aromatic carbocycles. The van der Waals surface area contributed by atoms with Gasteiger partial charge < -0.3 is 5.11 Å². The molecule has 12 heavy (non-hydrogen) atoms. The zero-order chi connectivity index (χ0) is 9.14. The molecule has 0 aromatic heterocycles. The number of Topliss-reactive ketones (excluding diaryl/α,β-unsaturated/α-hetero) is 1. The van der Waals surface area contributed by atoms with E-state index in [4.69, 9.17) is 5.11 Å². The van der Waals surface area contributed by atoms with E-state index >= 15 is 0 Å². The molecule has 1 aliphatic carbocycles. The van der Waals surface area contributed by atoms with Crippen LogP contribution in [0, 0.1) is 0 Å². The summed E-state index contributed by atoms with van der Waals surface area (Å²) in [5.74, 6) is -0.902. The Labute approximate surface area is 71.1 Å². The lowest BCUT2D eigenvalue weighted by molar-refractivity contribution is -0.137. The van der Waals surface area contributed by atoms with Gasteiger partial charge in [0.25, 0.3) is 0 Å². The molecule has 3 heteroatoms. The van der Waals surface area contributed by atoms with Crippen molar-refractivity contribution in [2.75, 3.05) is 0 Å². The van der Waals surface area contributed by atoms with E-state index in [1.165, 1.54) is 0 Å². The van der Waals surface area contributed by atoms with Crippen LogP contribution < -0.4 is 0 Å². The van der Waals surface area contributed by atoms with Gasteiger partial charge in [0.15, 0.2) is 5.78 Å². The molecule has 0 aromatic rings. The van der Waals surface area contributed by atoms with Crippen LogP contribution in [-0.4, -0.2) is 16.9 Å². The fourth-order valence-corrected chi connectivity index (χ4v) is 1.45. The number of hydrogen-bond donors (Lipinski definition) is 1. The van der Waals surface area contributed by atoms with Gasteiger partial charge in [-0.2, -0.15) is 0 Å². The predicted octanol–water partition coefficient (Wildman–Crippen LogP) is 1.53. The Hall–Kier alpha value is -1.12. The second-order valence-corrected chi connectivity index (χ2v) is 3.11. The van der Waals surface area contributed by atoms with E-state index in [9.17, 15) is 9.59 Å². The van der Waals surface area contributed by atoms with E-state index in [1.54, 1.807) is 0 Å². The average Bonchev–Trinajstić information content (AvgIpc) is 1.97. The van der Waals surface area contributed by atoms with Crippen LogP contribution in [0.25, 0.3) is 0 Å². The summed E-state index contributed by atoms with van der Waals surface area (Å²) in [6.07, 6.45) is 2.15. The van der Waals surface area contributed by atoms with E-state index in [0.29, 0.717) is 12.0 Å². The summed E-state index contributed by atoms with van der Waals surface area (Å²) in [5, 5.41) is 8.51. The second kappa shape index (κ2) is 3.52. The number of ketones is 1. The number of rotatable bonds is 2. The number of allylic oxidation sites excluding steroid dienone is 1. The molecule has 66 valence electrons. The quantitative estimate of drug-likeness (QED) is 0.680. The van der Waals surface area contributed by atoms with E-state index in [1.807, 2.05) is 6.92 Å². The first-order valence-corrected chi connectivity index (χ1v) is 4.05. The molecular weight excluding hydrogens is 156 g/mol. The van der Waals surface area contributed by atoms with Gasteiger partial charge in [0.1, 0.15) is 0 Å². The smallest absolute Gasteiger partial charge is 0.307 e. The van der Waals surface area contributed by atoms with Gasteiger partial charge in [0.2, 0.25) is 0 Å². The summed E-state index contributed by atoms with van der Waals surface area (Å²) < 4.78 is 0.